The molecule has 0 aliphatic rings. The number of anilines is 2. The predicted molar refractivity (Wildman–Crippen MR) is 94.2 cm³/mol. The highest BCUT2D eigenvalue weighted by molar-refractivity contribution is 5.94. The van der Waals surface area contributed by atoms with Crippen LogP contribution in [0.25, 0.3) is 0 Å². The number of hydrogen-bond donors (Lipinski definition) is 2. The maximum Gasteiger partial charge on any atom is 0.238 e. The molecule has 0 aliphatic carbocycles. The van der Waals surface area contributed by atoms with Gasteiger partial charge in [-0.2, -0.15) is 0 Å². The van der Waals surface area contributed by atoms with E-state index in [1.54, 1.807) is 49.4 Å². The number of methoxy groups -OCH3 is 1. The van der Waals surface area contributed by atoms with Crippen molar-refractivity contribution in [1.82, 2.24) is 4.90 Å². The third-order valence-corrected chi connectivity index (χ3v) is 3.29. The van der Waals surface area contributed by atoms with Gasteiger partial charge in [-0.3, -0.25) is 14.5 Å². The van der Waals surface area contributed by atoms with Crippen molar-refractivity contribution in [2.75, 3.05) is 37.9 Å². The van der Waals surface area contributed by atoms with Gasteiger partial charge in [0.15, 0.2) is 0 Å². The lowest BCUT2D eigenvalue weighted by Crippen LogP contribution is -2.36. The summed E-state index contributed by atoms with van der Waals surface area (Å²) in [5, 5.41) is 5.32. The molecule has 0 bridgehead atoms. The monoisotopic (exact) mass is 345 g/mol. The van der Waals surface area contributed by atoms with Crippen LogP contribution in [0.1, 0.15) is 0 Å². The Bertz CT molecular complexity index is 752. The van der Waals surface area contributed by atoms with Gasteiger partial charge in [0.05, 0.1) is 20.2 Å². The number of nitrogens with one attached hydrogen (secondary N) is 2. The van der Waals surface area contributed by atoms with E-state index < -0.39 is 5.82 Å². The number of benzene rings is 2. The van der Waals surface area contributed by atoms with E-state index in [9.17, 15) is 14.0 Å². The Labute approximate surface area is 145 Å². The summed E-state index contributed by atoms with van der Waals surface area (Å²) in [6, 6.07) is 12.6. The molecular weight excluding hydrogens is 325 g/mol. The van der Waals surface area contributed by atoms with Gasteiger partial charge in [-0.15, -0.1) is 0 Å². The summed E-state index contributed by atoms with van der Waals surface area (Å²) in [6.07, 6.45) is 0. The van der Waals surface area contributed by atoms with Gasteiger partial charge in [-0.25, -0.2) is 4.39 Å². The molecule has 2 N–H and O–H groups in total. The zero-order valence-electron chi connectivity index (χ0n) is 14.1. The summed E-state index contributed by atoms with van der Waals surface area (Å²) < 4.78 is 18.2. The van der Waals surface area contributed by atoms with Crippen LogP contribution in [0.2, 0.25) is 0 Å². The Morgan fingerprint density at radius 1 is 1.00 bits per heavy atom. The lowest BCUT2D eigenvalue weighted by atomic mass is 10.3. The Morgan fingerprint density at radius 2 is 1.56 bits per heavy atom. The van der Waals surface area contributed by atoms with Gasteiger partial charge in [0.1, 0.15) is 11.6 Å². The van der Waals surface area contributed by atoms with Gasteiger partial charge in [-0.1, -0.05) is 12.1 Å². The number of halogens is 1. The van der Waals surface area contributed by atoms with E-state index in [1.165, 1.54) is 18.2 Å². The van der Waals surface area contributed by atoms with Crippen LogP contribution in [0.15, 0.2) is 48.5 Å². The number of amides is 2. The average molecular weight is 345 g/mol. The molecule has 0 radical (unpaired) electrons. The Hall–Kier alpha value is -2.93. The van der Waals surface area contributed by atoms with Gasteiger partial charge in [0, 0.05) is 17.4 Å². The van der Waals surface area contributed by atoms with E-state index >= 15 is 0 Å². The van der Waals surface area contributed by atoms with Crippen molar-refractivity contribution >= 4 is 23.2 Å². The molecule has 0 aromatic heterocycles. The van der Waals surface area contributed by atoms with Crippen molar-refractivity contribution in [2.24, 2.45) is 0 Å². The normalized spacial score (nSPS) is 10.4. The molecule has 0 unspecified atom stereocenters. The van der Waals surface area contributed by atoms with Crippen LogP contribution in [-0.4, -0.2) is 44.0 Å². The fraction of sp³-hybridized carbons (Fsp3) is 0.222. The first-order valence-corrected chi connectivity index (χ1v) is 7.64. The molecule has 0 heterocycles. The van der Waals surface area contributed by atoms with Crippen LogP contribution < -0.4 is 15.4 Å². The van der Waals surface area contributed by atoms with Gasteiger partial charge in [-0.05, 0) is 37.4 Å². The SMILES string of the molecule is COc1cccc(NC(=O)CN(C)CC(=O)Nc2cccc(F)c2)c1. The zero-order valence-corrected chi connectivity index (χ0v) is 14.1. The van der Waals surface area contributed by atoms with Gasteiger partial charge < -0.3 is 15.4 Å². The smallest absolute Gasteiger partial charge is 0.238 e. The third-order valence-electron chi connectivity index (χ3n) is 3.29. The Balaban J connectivity index is 1.81. The first-order chi connectivity index (χ1) is 12.0. The minimum atomic E-state index is -0.427. The second kappa shape index (κ2) is 8.79. The minimum Gasteiger partial charge on any atom is -0.497 e. The molecule has 7 heteroatoms. The standard InChI is InChI=1S/C18H20FN3O3/c1-22(11-17(23)20-14-6-3-5-13(19)9-14)12-18(24)21-15-7-4-8-16(10-15)25-2/h3-10H,11-12H2,1-2H3,(H,20,23)(H,21,24). The van der Waals surface area contributed by atoms with Crippen LogP contribution in [-0.2, 0) is 9.59 Å². The van der Waals surface area contributed by atoms with E-state index in [-0.39, 0.29) is 24.9 Å². The minimum absolute atomic E-state index is 0.00203. The summed E-state index contributed by atoms with van der Waals surface area (Å²) in [4.78, 5) is 25.5. The number of nitrogens with zero attached hydrogens (tertiary/aromatic N) is 1. The summed E-state index contributed by atoms with van der Waals surface area (Å²) in [5.41, 5.74) is 0.987. The van der Waals surface area contributed by atoms with E-state index in [0.29, 0.717) is 17.1 Å². The van der Waals surface area contributed by atoms with Crippen molar-refractivity contribution in [3.05, 3.63) is 54.3 Å². The fourth-order valence-corrected chi connectivity index (χ4v) is 2.21. The summed E-state index contributed by atoms with van der Waals surface area (Å²) in [6.45, 7) is 0.0375. The summed E-state index contributed by atoms with van der Waals surface area (Å²) in [7, 11) is 3.20. The van der Waals surface area contributed by atoms with Crippen molar-refractivity contribution in [3.8, 4) is 5.75 Å². The number of rotatable bonds is 7. The first kappa shape index (κ1) is 18.4. The number of carbonyl (C=O) groups excluding carboxylic acids is 2. The molecule has 0 fully saturated rings. The maximum absolute atomic E-state index is 13.1. The van der Waals surface area contributed by atoms with Crippen molar-refractivity contribution in [2.45, 2.75) is 0 Å². The largest absolute Gasteiger partial charge is 0.497 e. The molecule has 6 nitrogen and oxygen atoms in total. The number of hydrogen-bond acceptors (Lipinski definition) is 4. The Morgan fingerprint density at radius 3 is 2.12 bits per heavy atom. The highest BCUT2D eigenvalue weighted by Crippen LogP contribution is 2.16. The van der Waals surface area contributed by atoms with Crippen molar-refractivity contribution in [3.63, 3.8) is 0 Å². The second-order valence-electron chi connectivity index (χ2n) is 5.51. The second-order valence-corrected chi connectivity index (χ2v) is 5.51. The van der Waals surface area contributed by atoms with Gasteiger partial charge >= 0.3 is 0 Å². The van der Waals surface area contributed by atoms with Gasteiger partial charge in [0.2, 0.25) is 11.8 Å². The Kier molecular flexibility index (Phi) is 6.47. The topological polar surface area (TPSA) is 70.7 Å². The molecule has 0 saturated carbocycles. The third kappa shape index (κ3) is 6.23. The van der Waals surface area contributed by atoms with Crippen molar-refractivity contribution in [1.29, 1.82) is 0 Å². The van der Waals surface area contributed by atoms with E-state index in [4.69, 9.17) is 4.74 Å². The fourth-order valence-electron chi connectivity index (χ4n) is 2.21. The van der Waals surface area contributed by atoms with E-state index in [1.807, 2.05) is 0 Å². The van der Waals surface area contributed by atoms with Crippen molar-refractivity contribution < 1.29 is 18.7 Å². The lowest BCUT2D eigenvalue weighted by molar-refractivity contribution is -0.119. The average Bonchev–Trinajstić information content (AvgIpc) is 2.54. The first-order valence-electron chi connectivity index (χ1n) is 7.64. The summed E-state index contributed by atoms with van der Waals surface area (Å²) in [5.74, 6) is -0.374. The van der Waals surface area contributed by atoms with Crippen LogP contribution in [0.5, 0.6) is 5.75 Å². The maximum atomic E-state index is 13.1. The number of ether oxygens (including phenoxy) is 1. The molecule has 2 aromatic carbocycles. The molecule has 0 saturated heterocycles. The van der Waals surface area contributed by atoms with Crippen LogP contribution in [0.4, 0.5) is 15.8 Å². The molecular formula is C18H20FN3O3. The molecule has 2 amide bonds. The molecule has 0 aliphatic heterocycles. The quantitative estimate of drug-likeness (QED) is 0.808. The lowest BCUT2D eigenvalue weighted by Gasteiger charge is -2.16. The molecule has 2 aromatic rings. The van der Waals surface area contributed by atoms with E-state index in [2.05, 4.69) is 10.6 Å². The number of carbonyl (C=O) groups is 2. The number of likely N-dealkylation sites (N-methyl/N-ethyl adjacent to an activating group) is 1. The van der Waals surface area contributed by atoms with Gasteiger partial charge in [0.25, 0.3) is 0 Å². The zero-order chi connectivity index (χ0) is 18.2. The van der Waals surface area contributed by atoms with E-state index in [0.717, 1.165) is 0 Å². The molecule has 2 rings (SSSR count). The molecule has 0 atom stereocenters. The van der Waals surface area contributed by atoms with Crippen LogP contribution >= 0.6 is 0 Å². The molecule has 0 spiro atoms. The highest BCUT2D eigenvalue weighted by Gasteiger charge is 2.11. The molecule has 132 valence electrons. The van der Waals surface area contributed by atoms with Crippen LogP contribution in [0, 0.1) is 5.82 Å². The highest BCUT2D eigenvalue weighted by atomic mass is 19.1. The van der Waals surface area contributed by atoms with Crippen LogP contribution in [0.3, 0.4) is 0 Å². The molecule has 25 heavy (non-hydrogen) atoms. The summed E-state index contributed by atoms with van der Waals surface area (Å²) >= 11 is 0. The predicted octanol–water partition coefficient (Wildman–Crippen LogP) is 2.34.